The number of ether oxygens (including phenoxy) is 1. The van der Waals surface area contributed by atoms with Crippen LogP contribution in [0.3, 0.4) is 0 Å². The minimum atomic E-state index is -3.37. The highest BCUT2D eigenvalue weighted by molar-refractivity contribution is 7.89. The van der Waals surface area contributed by atoms with Crippen LogP contribution in [0.4, 0.5) is 0 Å². The van der Waals surface area contributed by atoms with Gasteiger partial charge in [-0.05, 0) is 37.6 Å². The van der Waals surface area contributed by atoms with Gasteiger partial charge >= 0.3 is 0 Å². The molecule has 2 rings (SSSR count). The van der Waals surface area contributed by atoms with Crippen molar-refractivity contribution in [2.75, 3.05) is 27.2 Å². The third-order valence-electron chi connectivity index (χ3n) is 3.68. The van der Waals surface area contributed by atoms with Crippen molar-refractivity contribution in [3.05, 3.63) is 29.8 Å². The number of nitrogens with one attached hydrogen (secondary N) is 1. The number of hydrogen-bond donors (Lipinski definition) is 1. The molecule has 0 unspecified atom stereocenters. The SMILES string of the molecule is CNCc1ccc(S(=O)(=O)N2CCC(OC)CC2)cc1. The molecule has 20 heavy (non-hydrogen) atoms. The van der Waals surface area contributed by atoms with E-state index in [1.807, 2.05) is 19.2 Å². The molecule has 1 heterocycles. The molecule has 0 bridgehead atoms. The third-order valence-corrected chi connectivity index (χ3v) is 5.59. The summed E-state index contributed by atoms with van der Waals surface area (Å²) in [4.78, 5) is 0.369. The van der Waals surface area contributed by atoms with Crippen LogP contribution < -0.4 is 5.32 Å². The Bertz CT molecular complexity index is 520. The normalized spacial score (nSPS) is 18.3. The summed E-state index contributed by atoms with van der Waals surface area (Å²) in [5, 5.41) is 3.04. The van der Waals surface area contributed by atoms with Crippen LogP contribution in [-0.2, 0) is 21.3 Å². The van der Waals surface area contributed by atoms with E-state index in [1.54, 1.807) is 23.5 Å². The van der Waals surface area contributed by atoms with Gasteiger partial charge in [0.15, 0.2) is 0 Å². The third kappa shape index (κ3) is 3.38. The fraction of sp³-hybridized carbons (Fsp3) is 0.571. The van der Waals surface area contributed by atoms with Gasteiger partial charge in [-0.25, -0.2) is 8.42 Å². The Morgan fingerprint density at radius 2 is 1.85 bits per heavy atom. The van der Waals surface area contributed by atoms with Crippen LogP contribution >= 0.6 is 0 Å². The standard InChI is InChI=1S/C14H22N2O3S/c1-15-11-12-3-5-14(6-4-12)20(17,18)16-9-7-13(19-2)8-10-16/h3-6,13,15H,7-11H2,1-2H3. The summed E-state index contributed by atoms with van der Waals surface area (Å²) in [5.74, 6) is 0. The van der Waals surface area contributed by atoms with Crippen LogP contribution in [-0.4, -0.2) is 46.1 Å². The van der Waals surface area contributed by atoms with E-state index in [9.17, 15) is 8.42 Å². The van der Waals surface area contributed by atoms with Gasteiger partial charge in [-0.2, -0.15) is 4.31 Å². The molecule has 0 amide bonds. The molecule has 1 aromatic carbocycles. The molecule has 1 aromatic rings. The van der Waals surface area contributed by atoms with Crippen molar-refractivity contribution in [1.82, 2.24) is 9.62 Å². The zero-order chi connectivity index (χ0) is 14.6. The first-order valence-corrected chi connectivity index (χ1v) is 8.28. The van der Waals surface area contributed by atoms with Crippen molar-refractivity contribution < 1.29 is 13.2 Å². The zero-order valence-electron chi connectivity index (χ0n) is 12.0. The summed E-state index contributed by atoms with van der Waals surface area (Å²) in [7, 11) is 0.174. The molecular formula is C14H22N2O3S. The van der Waals surface area contributed by atoms with Gasteiger partial charge < -0.3 is 10.1 Å². The van der Waals surface area contributed by atoms with E-state index in [0.29, 0.717) is 18.0 Å². The Morgan fingerprint density at radius 1 is 1.25 bits per heavy atom. The first-order chi connectivity index (χ1) is 9.57. The average Bonchev–Trinajstić information content (AvgIpc) is 2.48. The molecular weight excluding hydrogens is 276 g/mol. The molecule has 1 fully saturated rings. The van der Waals surface area contributed by atoms with Gasteiger partial charge in [-0.15, -0.1) is 0 Å². The Hall–Kier alpha value is -0.950. The van der Waals surface area contributed by atoms with Crippen molar-refractivity contribution in [2.45, 2.75) is 30.4 Å². The van der Waals surface area contributed by atoms with Crippen LogP contribution in [0.15, 0.2) is 29.2 Å². The lowest BCUT2D eigenvalue weighted by Gasteiger charge is -2.30. The highest BCUT2D eigenvalue weighted by Crippen LogP contribution is 2.22. The van der Waals surface area contributed by atoms with Gasteiger partial charge in [-0.3, -0.25) is 0 Å². The summed E-state index contributed by atoms with van der Waals surface area (Å²) in [5.41, 5.74) is 1.07. The monoisotopic (exact) mass is 298 g/mol. The summed E-state index contributed by atoms with van der Waals surface area (Å²) in [6.07, 6.45) is 1.70. The minimum Gasteiger partial charge on any atom is -0.381 e. The molecule has 1 N–H and O–H groups in total. The van der Waals surface area contributed by atoms with E-state index in [1.165, 1.54) is 0 Å². The number of sulfonamides is 1. The molecule has 5 nitrogen and oxygen atoms in total. The largest absolute Gasteiger partial charge is 0.381 e. The number of rotatable bonds is 5. The maximum absolute atomic E-state index is 12.5. The van der Waals surface area contributed by atoms with Gasteiger partial charge in [0.05, 0.1) is 11.0 Å². The highest BCUT2D eigenvalue weighted by atomic mass is 32.2. The second-order valence-corrected chi connectivity index (χ2v) is 6.95. The van der Waals surface area contributed by atoms with E-state index >= 15 is 0 Å². The van der Waals surface area contributed by atoms with Gasteiger partial charge in [-0.1, -0.05) is 12.1 Å². The summed E-state index contributed by atoms with van der Waals surface area (Å²) in [6.45, 7) is 1.79. The predicted molar refractivity (Wildman–Crippen MR) is 78.0 cm³/mol. The molecule has 1 aliphatic rings. The van der Waals surface area contributed by atoms with Crippen LogP contribution in [0.5, 0.6) is 0 Å². The van der Waals surface area contributed by atoms with Crippen molar-refractivity contribution in [2.24, 2.45) is 0 Å². The minimum absolute atomic E-state index is 0.180. The zero-order valence-corrected chi connectivity index (χ0v) is 12.8. The predicted octanol–water partition coefficient (Wildman–Crippen LogP) is 1.21. The maximum Gasteiger partial charge on any atom is 0.243 e. The lowest BCUT2D eigenvalue weighted by molar-refractivity contribution is 0.0604. The highest BCUT2D eigenvalue weighted by Gasteiger charge is 2.29. The summed E-state index contributed by atoms with van der Waals surface area (Å²) >= 11 is 0. The number of benzene rings is 1. The van der Waals surface area contributed by atoms with Crippen LogP contribution in [0.25, 0.3) is 0 Å². The second kappa shape index (κ2) is 6.67. The molecule has 1 saturated heterocycles. The molecule has 0 radical (unpaired) electrons. The fourth-order valence-electron chi connectivity index (χ4n) is 2.44. The Morgan fingerprint density at radius 3 is 2.35 bits per heavy atom. The second-order valence-electron chi connectivity index (χ2n) is 5.01. The van der Waals surface area contributed by atoms with Gasteiger partial charge in [0, 0.05) is 26.7 Å². The van der Waals surface area contributed by atoms with E-state index in [2.05, 4.69) is 5.32 Å². The van der Waals surface area contributed by atoms with E-state index < -0.39 is 10.0 Å². The van der Waals surface area contributed by atoms with Crippen molar-refractivity contribution >= 4 is 10.0 Å². The van der Waals surface area contributed by atoms with Crippen molar-refractivity contribution in [1.29, 1.82) is 0 Å². The smallest absolute Gasteiger partial charge is 0.243 e. The topological polar surface area (TPSA) is 58.6 Å². The Labute approximate surface area is 121 Å². The maximum atomic E-state index is 12.5. The van der Waals surface area contributed by atoms with Crippen LogP contribution in [0.2, 0.25) is 0 Å². The Kier molecular flexibility index (Phi) is 5.15. The number of hydrogen-bond acceptors (Lipinski definition) is 4. The van der Waals surface area contributed by atoms with Gasteiger partial charge in [0.1, 0.15) is 0 Å². The van der Waals surface area contributed by atoms with Crippen LogP contribution in [0.1, 0.15) is 18.4 Å². The number of nitrogens with zero attached hydrogens (tertiary/aromatic N) is 1. The van der Waals surface area contributed by atoms with E-state index in [4.69, 9.17) is 4.74 Å². The lowest BCUT2D eigenvalue weighted by atomic mass is 10.1. The average molecular weight is 298 g/mol. The first kappa shape index (κ1) is 15.4. The fourth-order valence-corrected chi connectivity index (χ4v) is 3.91. The Balaban J connectivity index is 2.10. The quantitative estimate of drug-likeness (QED) is 0.887. The van der Waals surface area contributed by atoms with Gasteiger partial charge in [0.2, 0.25) is 10.0 Å². The molecule has 0 aromatic heterocycles. The lowest BCUT2D eigenvalue weighted by Crippen LogP contribution is -2.40. The van der Waals surface area contributed by atoms with Crippen molar-refractivity contribution in [3.63, 3.8) is 0 Å². The molecule has 0 aliphatic carbocycles. The van der Waals surface area contributed by atoms with Gasteiger partial charge in [0.25, 0.3) is 0 Å². The number of piperidine rings is 1. The van der Waals surface area contributed by atoms with E-state index in [0.717, 1.165) is 24.9 Å². The molecule has 1 aliphatic heterocycles. The molecule has 0 atom stereocenters. The number of methoxy groups -OCH3 is 1. The first-order valence-electron chi connectivity index (χ1n) is 6.84. The molecule has 112 valence electrons. The molecule has 0 saturated carbocycles. The van der Waals surface area contributed by atoms with Crippen molar-refractivity contribution in [3.8, 4) is 0 Å². The molecule has 6 heteroatoms. The summed E-state index contributed by atoms with van der Waals surface area (Å²) < 4.78 is 31.9. The van der Waals surface area contributed by atoms with Crippen LogP contribution in [0, 0.1) is 0 Å². The summed E-state index contributed by atoms with van der Waals surface area (Å²) in [6, 6.07) is 7.07. The van der Waals surface area contributed by atoms with E-state index in [-0.39, 0.29) is 6.10 Å². The molecule has 0 spiro atoms.